The second-order valence-corrected chi connectivity index (χ2v) is 13.3. The molecule has 8 heteroatoms. The Labute approximate surface area is 311 Å². The molecule has 254 valence electrons. The third-order valence-corrected chi connectivity index (χ3v) is 10.5. The molecule has 0 saturated carbocycles. The fraction of sp³-hybridized carbons (Fsp3) is 0. The fourth-order valence-electron chi connectivity index (χ4n) is 7.95. The fourth-order valence-corrected chi connectivity index (χ4v) is 7.95. The lowest BCUT2D eigenvalue weighted by molar-refractivity contribution is 0.351. The van der Waals surface area contributed by atoms with Gasteiger partial charge >= 0.3 is 0 Å². The number of phenols is 6. The number of hydrogen-bond acceptors (Lipinski definition) is 6. The summed E-state index contributed by atoms with van der Waals surface area (Å²) in [7, 11) is 12.8. The van der Waals surface area contributed by atoms with Crippen molar-refractivity contribution < 1.29 is 30.6 Å². The first-order valence-corrected chi connectivity index (χ1v) is 17.2. The molecule has 0 aliphatic carbocycles. The Kier molecular flexibility index (Phi) is 7.47. The minimum Gasteiger partial charge on any atom is -0.508 e. The van der Waals surface area contributed by atoms with Crippen LogP contribution in [-0.4, -0.2) is 46.3 Å². The molecule has 0 fully saturated rings. The molecule has 0 atom stereocenters. The quantitative estimate of drug-likeness (QED) is 0.0473. The number of hydrogen-bond donors (Lipinski definition) is 6. The van der Waals surface area contributed by atoms with Crippen molar-refractivity contribution in [1.29, 1.82) is 0 Å². The molecule has 0 aliphatic heterocycles. The van der Waals surface area contributed by atoms with Gasteiger partial charge in [-0.1, -0.05) is 138 Å². The summed E-state index contributed by atoms with van der Waals surface area (Å²) < 4.78 is 0. The number of fused-ring (bicyclic) bond motifs is 4. The molecule has 9 aromatic carbocycles. The van der Waals surface area contributed by atoms with Crippen LogP contribution in [0.15, 0.2) is 133 Å². The molecule has 6 N–H and O–H groups in total. The van der Waals surface area contributed by atoms with Gasteiger partial charge in [0.1, 0.15) is 27.2 Å². The monoisotopic (exact) mass is 698 g/mol. The highest BCUT2D eigenvalue weighted by Crippen LogP contribution is 2.59. The molecule has 0 bridgehead atoms. The van der Waals surface area contributed by atoms with Crippen LogP contribution in [0.1, 0.15) is 0 Å². The van der Waals surface area contributed by atoms with E-state index in [1.807, 2.05) is 127 Å². The van der Waals surface area contributed by atoms with E-state index in [-0.39, 0.29) is 43.6 Å². The Bertz CT molecular complexity index is 2950. The van der Waals surface area contributed by atoms with E-state index in [0.717, 1.165) is 38.4 Å². The van der Waals surface area contributed by atoms with Crippen LogP contribution < -0.4 is 10.9 Å². The van der Waals surface area contributed by atoms with Crippen molar-refractivity contribution in [3.8, 4) is 79.0 Å². The summed E-state index contributed by atoms with van der Waals surface area (Å²) in [5.41, 5.74) is 4.13. The lowest BCUT2D eigenvalue weighted by Gasteiger charge is -2.24. The number of benzene rings is 9. The molecular weight excluding hydrogens is 670 g/mol. The van der Waals surface area contributed by atoms with Crippen LogP contribution in [-0.2, 0) is 0 Å². The first-order valence-electron chi connectivity index (χ1n) is 17.2. The Balaban J connectivity index is 1.49. The van der Waals surface area contributed by atoms with Crippen molar-refractivity contribution in [3.05, 3.63) is 133 Å². The van der Waals surface area contributed by atoms with Crippen LogP contribution in [0.25, 0.3) is 87.6 Å². The summed E-state index contributed by atoms with van der Waals surface area (Å²) in [6.07, 6.45) is 0. The summed E-state index contributed by atoms with van der Waals surface area (Å²) in [5.74, 6) is -4.40. The first-order chi connectivity index (χ1) is 26.2. The van der Waals surface area contributed by atoms with Gasteiger partial charge in [0, 0.05) is 32.7 Å². The molecule has 4 radical (unpaired) electrons. The number of phenolic OH excluding ortho intramolecular Hbond substituents is 6. The second-order valence-electron chi connectivity index (χ2n) is 13.3. The van der Waals surface area contributed by atoms with Crippen LogP contribution >= 0.6 is 0 Å². The second kappa shape index (κ2) is 12.3. The van der Waals surface area contributed by atoms with Crippen LogP contribution in [0.4, 0.5) is 0 Å². The van der Waals surface area contributed by atoms with Crippen molar-refractivity contribution in [2.24, 2.45) is 0 Å². The maximum atomic E-state index is 12.0. The van der Waals surface area contributed by atoms with Crippen molar-refractivity contribution in [2.45, 2.75) is 0 Å². The minimum atomic E-state index is -0.965. The van der Waals surface area contributed by atoms with Gasteiger partial charge in [-0.3, -0.25) is 0 Å². The molecule has 0 aromatic heterocycles. The minimum absolute atomic E-state index is 0.00720. The Morgan fingerprint density at radius 1 is 0.315 bits per heavy atom. The van der Waals surface area contributed by atoms with Gasteiger partial charge in [-0.05, 0) is 61.0 Å². The number of rotatable bonds is 4. The zero-order valence-electron chi connectivity index (χ0n) is 28.5. The van der Waals surface area contributed by atoms with E-state index in [2.05, 4.69) is 0 Å². The normalized spacial score (nSPS) is 11.6. The van der Waals surface area contributed by atoms with Crippen LogP contribution in [0.2, 0.25) is 0 Å². The molecule has 0 aliphatic rings. The highest BCUT2D eigenvalue weighted by Gasteiger charge is 2.31. The van der Waals surface area contributed by atoms with Gasteiger partial charge in [-0.15, -0.1) is 0 Å². The first kappa shape index (κ1) is 32.8. The lowest BCUT2D eigenvalue weighted by atomic mass is 9.73. The topological polar surface area (TPSA) is 121 Å². The van der Waals surface area contributed by atoms with Crippen LogP contribution in [0.3, 0.4) is 0 Å². The molecule has 0 amide bonds. The van der Waals surface area contributed by atoms with E-state index in [9.17, 15) is 30.6 Å². The van der Waals surface area contributed by atoms with E-state index < -0.39 is 34.5 Å². The molecule has 0 spiro atoms. The molecule has 0 saturated heterocycles. The Morgan fingerprint density at radius 2 is 0.759 bits per heavy atom. The van der Waals surface area contributed by atoms with Gasteiger partial charge < -0.3 is 30.6 Å². The van der Waals surface area contributed by atoms with Gasteiger partial charge in [0.05, 0.1) is 0 Å². The van der Waals surface area contributed by atoms with Gasteiger partial charge in [0.15, 0.2) is 11.5 Å². The third kappa shape index (κ3) is 4.70. The van der Waals surface area contributed by atoms with Crippen LogP contribution in [0.5, 0.6) is 34.5 Å². The SMILES string of the molecule is [B]c1c([B])c(O)c2c(-c3ccc(-c4ccccc4)c4ccccc34)c3c(O)c(O)c(O)c(O)c3c(-c3cccc(-c4cccc5ccccc45)c3)c2c1O. The van der Waals surface area contributed by atoms with Crippen molar-refractivity contribution in [1.82, 2.24) is 0 Å². The molecule has 0 unspecified atom stereocenters. The smallest absolute Gasteiger partial charge is 0.204 e. The molecular formula is C46H28B2O6. The standard InChI is InChI=1S/C46H28B2O6/c47-39-40(48)42(50)37-34(32-21-20-29(23-10-2-1-3-11-23)30-17-6-7-18-31(30)32)38-36(43(51)45(53)46(54)44(38)52)33(35(37)41(39)49)26-15-8-14-25(22-26)28-19-9-13-24-12-4-5-16-27(24)28/h1-22,49-54H. The van der Waals surface area contributed by atoms with Crippen molar-refractivity contribution in [3.63, 3.8) is 0 Å². The number of aromatic hydroxyl groups is 6. The van der Waals surface area contributed by atoms with E-state index >= 15 is 0 Å². The predicted octanol–water partition coefficient (Wildman–Crippen LogP) is 8.79. The zero-order valence-corrected chi connectivity index (χ0v) is 28.5. The van der Waals surface area contributed by atoms with E-state index in [4.69, 9.17) is 15.7 Å². The Morgan fingerprint density at radius 3 is 1.44 bits per heavy atom. The Hall–Kier alpha value is -7.05. The van der Waals surface area contributed by atoms with E-state index in [1.165, 1.54) is 0 Å². The summed E-state index contributed by atoms with van der Waals surface area (Å²) >= 11 is 0. The van der Waals surface area contributed by atoms with Crippen molar-refractivity contribution in [2.75, 3.05) is 0 Å². The average molecular weight is 698 g/mol. The average Bonchev–Trinajstić information content (AvgIpc) is 3.22. The maximum absolute atomic E-state index is 12.0. The highest BCUT2D eigenvalue weighted by atomic mass is 16.3. The maximum Gasteiger partial charge on any atom is 0.204 e. The largest absolute Gasteiger partial charge is 0.508 e. The summed E-state index contributed by atoms with van der Waals surface area (Å²) in [6, 6.07) is 42.3. The summed E-state index contributed by atoms with van der Waals surface area (Å²) in [5, 5.41) is 73.2. The molecule has 6 nitrogen and oxygen atoms in total. The lowest BCUT2D eigenvalue weighted by Crippen LogP contribution is -2.26. The third-order valence-electron chi connectivity index (χ3n) is 10.5. The predicted molar refractivity (Wildman–Crippen MR) is 219 cm³/mol. The van der Waals surface area contributed by atoms with Gasteiger partial charge in [0.25, 0.3) is 0 Å². The van der Waals surface area contributed by atoms with Gasteiger partial charge in [0.2, 0.25) is 11.5 Å². The van der Waals surface area contributed by atoms with Gasteiger partial charge in [-0.2, -0.15) is 0 Å². The summed E-state index contributed by atoms with van der Waals surface area (Å²) in [4.78, 5) is 0. The molecule has 54 heavy (non-hydrogen) atoms. The molecule has 9 aromatic rings. The molecule has 9 rings (SSSR count). The highest BCUT2D eigenvalue weighted by molar-refractivity contribution is 6.54. The molecule has 0 heterocycles. The summed E-state index contributed by atoms with van der Waals surface area (Å²) in [6.45, 7) is 0. The van der Waals surface area contributed by atoms with Gasteiger partial charge in [-0.25, -0.2) is 0 Å². The van der Waals surface area contributed by atoms with E-state index in [0.29, 0.717) is 16.5 Å². The van der Waals surface area contributed by atoms with E-state index in [1.54, 1.807) is 6.07 Å². The van der Waals surface area contributed by atoms with Crippen molar-refractivity contribution >= 4 is 69.7 Å². The van der Waals surface area contributed by atoms with Crippen LogP contribution in [0, 0.1) is 0 Å². The zero-order chi connectivity index (χ0) is 37.4.